The van der Waals surface area contributed by atoms with Crippen molar-refractivity contribution in [3.63, 3.8) is 0 Å². The van der Waals surface area contributed by atoms with E-state index in [1.165, 1.54) is 4.31 Å². The molecule has 2 fully saturated rings. The van der Waals surface area contributed by atoms with Gasteiger partial charge in [0.05, 0.1) is 23.7 Å². The van der Waals surface area contributed by atoms with Crippen molar-refractivity contribution in [2.45, 2.75) is 44.6 Å². The van der Waals surface area contributed by atoms with E-state index in [2.05, 4.69) is 11.6 Å². The molecule has 0 aromatic carbocycles. The molecular formula is C13H25N3O3S2. The fraction of sp³-hybridized carbons (Fsp3) is 0.923. The monoisotopic (exact) mass is 335 g/mol. The van der Waals surface area contributed by atoms with E-state index < -0.39 is 15.7 Å². The summed E-state index contributed by atoms with van der Waals surface area (Å²) < 4.78 is 34.5. The Morgan fingerprint density at radius 1 is 1.38 bits per heavy atom. The zero-order valence-corrected chi connectivity index (χ0v) is 14.1. The summed E-state index contributed by atoms with van der Waals surface area (Å²) in [5.74, 6) is 0.639. The highest BCUT2D eigenvalue weighted by molar-refractivity contribution is 7.87. The van der Waals surface area contributed by atoms with Crippen LogP contribution in [0.4, 0.5) is 0 Å². The Hall–Kier alpha value is -0.280. The van der Waals surface area contributed by atoms with Gasteiger partial charge in [0.25, 0.3) is 10.2 Å². The number of nitrogens with one attached hydrogen (secondary N) is 1. The van der Waals surface area contributed by atoms with Gasteiger partial charge in [-0.05, 0) is 31.6 Å². The summed E-state index contributed by atoms with van der Waals surface area (Å²) in [6.45, 7) is 3.77. The Morgan fingerprint density at radius 2 is 1.95 bits per heavy atom. The minimum atomic E-state index is -3.57. The summed E-state index contributed by atoms with van der Waals surface area (Å²) in [4.78, 5) is 0.258. The van der Waals surface area contributed by atoms with Crippen LogP contribution in [0, 0.1) is 5.92 Å². The third-order valence-corrected chi connectivity index (χ3v) is 6.73. The largest absolute Gasteiger partial charge is 0.392 e. The molecule has 0 unspecified atom stereocenters. The first kappa shape index (κ1) is 17.1. The topological polar surface area (TPSA) is 84.7 Å². The fourth-order valence-corrected chi connectivity index (χ4v) is 4.96. The highest BCUT2D eigenvalue weighted by Gasteiger charge is 2.42. The van der Waals surface area contributed by atoms with Crippen LogP contribution < -0.4 is 10.5 Å². The van der Waals surface area contributed by atoms with Crippen LogP contribution in [0.5, 0.6) is 0 Å². The first-order chi connectivity index (χ1) is 9.89. The van der Waals surface area contributed by atoms with Crippen LogP contribution in [-0.4, -0.2) is 49.6 Å². The first-order valence-corrected chi connectivity index (χ1v) is 9.41. The Kier molecular flexibility index (Phi) is 5.59. The molecule has 0 radical (unpaired) electrons. The van der Waals surface area contributed by atoms with E-state index in [-0.39, 0.29) is 4.99 Å². The summed E-state index contributed by atoms with van der Waals surface area (Å²) in [7, 11) is -3.57. The van der Waals surface area contributed by atoms with E-state index in [1.807, 2.05) is 0 Å². The lowest BCUT2D eigenvalue weighted by atomic mass is 9.76. The minimum Gasteiger partial charge on any atom is -0.392 e. The number of hydrogen-bond donors (Lipinski definition) is 2. The fourth-order valence-electron chi connectivity index (χ4n) is 3.08. The van der Waals surface area contributed by atoms with Crippen molar-refractivity contribution in [2.24, 2.45) is 11.7 Å². The van der Waals surface area contributed by atoms with Crippen LogP contribution in [0.3, 0.4) is 0 Å². The Labute approximate surface area is 132 Å². The maximum atomic E-state index is 12.6. The molecule has 3 N–H and O–H groups in total. The summed E-state index contributed by atoms with van der Waals surface area (Å²) in [6, 6.07) is 0. The molecule has 1 heterocycles. The van der Waals surface area contributed by atoms with Gasteiger partial charge in [-0.2, -0.15) is 17.4 Å². The van der Waals surface area contributed by atoms with Gasteiger partial charge in [0.15, 0.2) is 0 Å². The standard InChI is InChI=1S/C13H25N3O3S2/c1-2-11-3-5-13(6-4-11,12(14)20)15-21(17,18)16-7-9-19-10-8-16/h11,15H,2-10H2,1H3,(H2,14,20). The number of nitrogens with two attached hydrogens (primary N) is 1. The van der Waals surface area contributed by atoms with E-state index in [1.54, 1.807) is 0 Å². The van der Waals surface area contributed by atoms with E-state index in [0.29, 0.717) is 45.1 Å². The average Bonchev–Trinajstić information content (AvgIpc) is 2.48. The van der Waals surface area contributed by atoms with Crippen molar-refractivity contribution >= 4 is 27.4 Å². The van der Waals surface area contributed by atoms with Gasteiger partial charge in [-0.3, -0.25) is 0 Å². The van der Waals surface area contributed by atoms with Crippen molar-refractivity contribution in [3.8, 4) is 0 Å². The molecule has 0 bridgehead atoms. The molecular weight excluding hydrogens is 310 g/mol. The van der Waals surface area contributed by atoms with Gasteiger partial charge in [-0.25, -0.2) is 0 Å². The van der Waals surface area contributed by atoms with E-state index in [4.69, 9.17) is 22.7 Å². The lowest BCUT2D eigenvalue weighted by Crippen LogP contribution is -2.61. The maximum Gasteiger partial charge on any atom is 0.280 e. The lowest BCUT2D eigenvalue weighted by molar-refractivity contribution is 0.0719. The van der Waals surface area contributed by atoms with Gasteiger partial charge >= 0.3 is 0 Å². The molecule has 1 aliphatic carbocycles. The third-order valence-electron chi connectivity index (χ3n) is 4.64. The second kappa shape index (κ2) is 6.87. The maximum absolute atomic E-state index is 12.6. The number of morpholine rings is 1. The van der Waals surface area contributed by atoms with Crippen molar-refractivity contribution in [1.29, 1.82) is 0 Å². The highest BCUT2D eigenvalue weighted by atomic mass is 32.2. The first-order valence-electron chi connectivity index (χ1n) is 7.56. The van der Waals surface area contributed by atoms with Crippen LogP contribution in [0.1, 0.15) is 39.0 Å². The van der Waals surface area contributed by atoms with Crippen molar-refractivity contribution in [3.05, 3.63) is 0 Å². The summed E-state index contributed by atoms with van der Waals surface area (Å²) in [5, 5.41) is 0. The molecule has 0 atom stereocenters. The molecule has 2 aliphatic rings. The average molecular weight is 335 g/mol. The quantitative estimate of drug-likeness (QED) is 0.725. The van der Waals surface area contributed by atoms with E-state index >= 15 is 0 Å². The highest BCUT2D eigenvalue weighted by Crippen LogP contribution is 2.34. The SMILES string of the molecule is CCC1CCC(NS(=O)(=O)N2CCOCC2)(C(N)=S)CC1. The predicted molar refractivity (Wildman–Crippen MR) is 86.2 cm³/mol. The van der Waals surface area contributed by atoms with Crippen LogP contribution in [-0.2, 0) is 14.9 Å². The Bertz CT molecular complexity index is 467. The molecule has 0 amide bonds. The molecule has 21 heavy (non-hydrogen) atoms. The molecule has 0 aromatic heterocycles. The predicted octanol–water partition coefficient (Wildman–Crippen LogP) is 0.778. The van der Waals surface area contributed by atoms with Crippen LogP contribution in [0.25, 0.3) is 0 Å². The second-order valence-electron chi connectivity index (χ2n) is 5.92. The Balaban J connectivity index is 2.11. The molecule has 0 spiro atoms. The number of rotatable bonds is 5. The van der Waals surface area contributed by atoms with Gasteiger partial charge in [0.1, 0.15) is 0 Å². The number of ether oxygens (including phenoxy) is 1. The lowest BCUT2D eigenvalue weighted by Gasteiger charge is -2.41. The van der Waals surface area contributed by atoms with Gasteiger partial charge in [-0.1, -0.05) is 25.6 Å². The molecule has 0 aromatic rings. The molecule has 1 aliphatic heterocycles. The molecule has 6 nitrogen and oxygen atoms in total. The molecule has 1 saturated carbocycles. The molecule has 2 rings (SSSR count). The molecule has 8 heteroatoms. The van der Waals surface area contributed by atoms with Crippen LogP contribution in [0.2, 0.25) is 0 Å². The van der Waals surface area contributed by atoms with Crippen molar-refractivity contribution < 1.29 is 13.2 Å². The van der Waals surface area contributed by atoms with Gasteiger partial charge in [0.2, 0.25) is 0 Å². The minimum absolute atomic E-state index is 0.258. The van der Waals surface area contributed by atoms with Crippen LogP contribution >= 0.6 is 12.2 Å². The van der Waals surface area contributed by atoms with E-state index in [9.17, 15) is 8.42 Å². The number of hydrogen-bond acceptors (Lipinski definition) is 4. The van der Waals surface area contributed by atoms with Crippen molar-refractivity contribution in [2.75, 3.05) is 26.3 Å². The van der Waals surface area contributed by atoms with Crippen LogP contribution in [0.15, 0.2) is 0 Å². The van der Waals surface area contributed by atoms with E-state index in [0.717, 1.165) is 19.3 Å². The summed E-state index contributed by atoms with van der Waals surface area (Å²) in [5.41, 5.74) is 5.12. The smallest absolute Gasteiger partial charge is 0.280 e. The third kappa shape index (κ3) is 3.92. The summed E-state index contributed by atoms with van der Waals surface area (Å²) >= 11 is 5.18. The van der Waals surface area contributed by atoms with Gasteiger partial charge in [0, 0.05) is 13.1 Å². The van der Waals surface area contributed by atoms with Gasteiger partial charge in [-0.15, -0.1) is 0 Å². The summed E-state index contributed by atoms with van der Waals surface area (Å²) in [6.07, 6.45) is 4.40. The normalized spacial score (nSPS) is 32.0. The van der Waals surface area contributed by atoms with Gasteiger partial charge < -0.3 is 10.5 Å². The number of thiocarbonyl (C=S) groups is 1. The molecule has 1 saturated heterocycles. The van der Waals surface area contributed by atoms with Crippen molar-refractivity contribution in [1.82, 2.24) is 9.03 Å². The molecule has 122 valence electrons. The second-order valence-corrected chi connectivity index (χ2v) is 8.03. The Morgan fingerprint density at radius 3 is 2.43 bits per heavy atom. The zero-order valence-electron chi connectivity index (χ0n) is 12.5. The zero-order chi connectivity index (χ0) is 15.5. The number of nitrogens with zero attached hydrogens (tertiary/aromatic N) is 1.